The zero-order valence-corrected chi connectivity index (χ0v) is 8.22. The summed E-state index contributed by atoms with van der Waals surface area (Å²) in [5, 5.41) is 3.24. The molecule has 0 aromatic carbocycles. The Bertz CT molecular complexity index is 132. The molecule has 0 aliphatic carbocycles. The Balaban J connectivity index is 2.43. The summed E-state index contributed by atoms with van der Waals surface area (Å²) in [4.78, 5) is 9.94. The van der Waals surface area contributed by atoms with E-state index in [0.29, 0.717) is 6.04 Å². The molecule has 1 fully saturated rings. The largest absolute Gasteiger partial charge is 0.317 e. The van der Waals surface area contributed by atoms with Gasteiger partial charge in [0.05, 0.1) is 13.2 Å². The van der Waals surface area contributed by atoms with Crippen molar-refractivity contribution in [2.75, 3.05) is 20.3 Å². The van der Waals surface area contributed by atoms with Gasteiger partial charge in [0.2, 0.25) is 0 Å². The lowest BCUT2D eigenvalue weighted by molar-refractivity contribution is -0.248. The summed E-state index contributed by atoms with van der Waals surface area (Å²) in [5.74, 6) is 0. The van der Waals surface area contributed by atoms with E-state index in [1.807, 2.05) is 7.05 Å². The van der Waals surface area contributed by atoms with Crippen LogP contribution in [0.1, 0.15) is 26.7 Å². The molecule has 1 aliphatic rings. The number of nitrogens with one attached hydrogen (secondary N) is 1. The first kappa shape index (κ1) is 9.96. The van der Waals surface area contributed by atoms with E-state index in [1.54, 1.807) is 0 Å². The lowest BCUT2D eigenvalue weighted by atomic mass is 9.81. The Kier molecular flexibility index (Phi) is 3.50. The fourth-order valence-corrected chi connectivity index (χ4v) is 1.59. The van der Waals surface area contributed by atoms with E-state index in [2.05, 4.69) is 19.2 Å². The minimum absolute atomic E-state index is 0.252. The highest BCUT2D eigenvalue weighted by Gasteiger charge is 2.35. The van der Waals surface area contributed by atoms with Crippen LogP contribution in [0.5, 0.6) is 0 Å². The maximum Gasteiger partial charge on any atom is 0.0902 e. The van der Waals surface area contributed by atoms with Crippen LogP contribution in [0.4, 0.5) is 0 Å². The average molecular weight is 173 g/mol. The highest BCUT2D eigenvalue weighted by molar-refractivity contribution is 4.82. The molecule has 12 heavy (non-hydrogen) atoms. The molecular weight excluding hydrogens is 154 g/mol. The highest BCUT2D eigenvalue weighted by atomic mass is 17.2. The van der Waals surface area contributed by atoms with Crippen LogP contribution in [0.25, 0.3) is 0 Å². The smallest absolute Gasteiger partial charge is 0.0902 e. The van der Waals surface area contributed by atoms with E-state index in [4.69, 9.17) is 9.78 Å². The fraction of sp³-hybridized carbons (Fsp3) is 1.00. The highest BCUT2D eigenvalue weighted by Crippen LogP contribution is 2.33. The van der Waals surface area contributed by atoms with Crippen molar-refractivity contribution < 1.29 is 9.78 Å². The number of rotatable bonds is 4. The van der Waals surface area contributed by atoms with Crippen LogP contribution in [0, 0.1) is 5.41 Å². The summed E-state index contributed by atoms with van der Waals surface area (Å²) >= 11 is 0. The molecule has 0 spiro atoms. The Hall–Kier alpha value is -0.120. The molecule has 0 radical (unpaired) electrons. The van der Waals surface area contributed by atoms with Crippen molar-refractivity contribution in [3.05, 3.63) is 0 Å². The summed E-state index contributed by atoms with van der Waals surface area (Å²) < 4.78 is 0. The van der Waals surface area contributed by atoms with Crippen molar-refractivity contribution in [1.29, 1.82) is 0 Å². The molecule has 0 aromatic heterocycles. The third-order valence-electron chi connectivity index (χ3n) is 2.80. The van der Waals surface area contributed by atoms with Crippen molar-refractivity contribution in [2.24, 2.45) is 5.41 Å². The van der Waals surface area contributed by atoms with Gasteiger partial charge in [0, 0.05) is 11.5 Å². The van der Waals surface area contributed by atoms with E-state index in [1.165, 1.54) is 0 Å². The molecule has 0 saturated carbocycles. The van der Waals surface area contributed by atoms with Gasteiger partial charge in [-0.2, -0.15) is 0 Å². The van der Waals surface area contributed by atoms with E-state index in [-0.39, 0.29) is 5.41 Å². The number of hydrogen-bond acceptors (Lipinski definition) is 3. The molecule has 1 heterocycles. The standard InChI is InChI=1S/C9H19NO2/c1-4-9(5-8(2)10-3)6-11-12-7-9/h8,10H,4-7H2,1-3H3. The van der Waals surface area contributed by atoms with Gasteiger partial charge in [-0.15, -0.1) is 0 Å². The molecule has 1 N–H and O–H groups in total. The molecule has 1 rings (SSSR count). The second-order valence-electron chi connectivity index (χ2n) is 3.77. The molecule has 0 aromatic rings. The predicted molar refractivity (Wildman–Crippen MR) is 47.8 cm³/mol. The van der Waals surface area contributed by atoms with Gasteiger partial charge in [-0.1, -0.05) is 6.92 Å². The summed E-state index contributed by atoms with van der Waals surface area (Å²) in [6.45, 7) is 5.88. The molecule has 72 valence electrons. The van der Waals surface area contributed by atoms with Crippen LogP contribution < -0.4 is 5.32 Å². The normalized spacial score (nSPS) is 24.2. The van der Waals surface area contributed by atoms with Crippen LogP contribution in [-0.4, -0.2) is 26.3 Å². The van der Waals surface area contributed by atoms with E-state index in [0.717, 1.165) is 26.1 Å². The van der Waals surface area contributed by atoms with Gasteiger partial charge in [-0.25, -0.2) is 9.78 Å². The minimum Gasteiger partial charge on any atom is -0.317 e. The first-order valence-corrected chi connectivity index (χ1v) is 4.64. The van der Waals surface area contributed by atoms with Crippen molar-refractivity contribution in [1.82, 2.24) is 5.32 Å². The zero-order valence-electron chi connectivity index (χ0n) is 8.22. The zero-order chi connectivity index (χ0) is 9.03. The van der Waals surface area contributed by atoms with E-state index < -0.39 is 0 Å². The van der Waals surface area contributed by atoms with Crippen LogP contribution in [-0.2, 0) is 9.78 Å². The van der Waals surface area contributed by atoms with Gasteiger partial charge in [-0.3, -0.25) is 0 Å². The average Bonchev–Trinajstić information content (AvgIpc) is 2.54. The predicted octanol–water partition coefficient (Wildman–Crippen LogP) is 1.34. The topological polar surface area (TPSA) is 30.5 Å². The van der Waals surface area contributed by atoms with E-state index in [9.17, 15) is 0 Å². The quantitative estimate of drug-likeness (QED) is 0.651. The lowest BCUT2D eigenvalue weighted by Crippen LogP contribution is -2.33. The van der Waals surface area contributed by atoms with Gasteiger partial charge >= 0.3 is 0 Å². The molecule has 1 atom stereocenters. The van der Waals surface area contributed by atoms with Crippen LogP contribution in [0.2, 0.25) is 0 Å². The summed E-state index contributed by atoms with van der Waals surface area (Å²) in [6.07, 6.45) is 2.25. The molecule has 1 unspecified atom stereocenters. The van der Waals surface area contributed by atoms with Crippen LogP contribution in [0.15, 0.2) is 0 Å². The van der Waals surface area contributed by atoms with Crippen molar-refractivity contribution in [2.45, 2.75) is 32.7 Å². The third-order valence-corrected chi connectivity index (χ3v) is 2.80. The molecule has 3 nitrogen and oxygen atoms in total. The van der Waals surface area contributed by atoms with Crippen molar-refractivity contribution in [3.63, 3.8) is 0 Å². The third kappa shape index (κ3) is 2.19. The molecule has 3 heteroatoms. The Morgan fingerprint density at radius 3 is 2.42 bits per heavy atom. The number of hydrogen-bond donors (Lipinski definition) is 1. The Labute approximate surface area is 74.4 Å². The first-order valence-electron chi connectivity index (χ1n) is 4.64. The summed E-state index contributed by atoms with van der Waals surface area (Å²) in [7, 11) is 1.99. The lowest BCUT2D eigenvalue weighted by Gasteiger charge is -2.26. The van der Waals surface area contributed by atoms with Gasteiger partial charge < -0.3 is 5.32 Å². The maximum absolute atomic E-state index is 4.97. The molecule has 0 amide bonds. The molecule has 1 aliphatic heterocycles. The molecule has 1 saturated heterocycles. The van der Waals surface area contributed by atoms with Crippen molar-refractivity contribution in [3.8, 4) is 0 Å². The second kappa shape index (κ2) is 4.21. The maximum atomic E-state index is 4.97. The first-order chi connectivity index (χ1) is 5.72. The van der Waals surface area contributed by atoms with Crippen molar-refractivity contribution >= 4 is 0 Å². The fourth-order valence-electron chi connectivity index (χ4n) is 1.59. The van der Waals surface area contributed by atoms with E-state index >= 15 is 0 Å². The van der Waals surface area contributed by atoms with Gasteiger partial charge in [0.25, 0.3) is 0 Å². The van der Waals surface area contributed by atoms with Crippen LogP contribution >= 0.6 is 0 Å². The minimum atomic E-state index is 0.252. The van der Waals surface area contributed by atoms with Gasteiger partial charge in [-0.05, 0) is 26.8 Å². The summed E-state index contributed by atoms with van der Waals surface area (Å²) in [5.41, 5.74) is 0.252. The SMILES string of the molecule is CCC1(CC(C)NC)COOC1. The van der Waals surface area contributed by atoms with Crippen LogP contribution in [0.3, 0.4) is 0 Å². The Morgan fingerprint density at radius 2 is 2.00 bits per heavy atom. The monoisotopic (exact) mass is 173 g/mol. The Morgan fingerprint density at radius 1 is 1.42 bits per heavy atom. The molecular formula is C9H19NO2. The second-order valence-corrected chi connectivity index (χ2v) is 3.77. The summed E-state index contributed by atoms with van der Waals surface area (Å²) in [6, 6.07) is 0.537. The molecule has 0 bridgehead atoms. The van der Waals surface area contributed by atoms with Gasteiger partial charge in [0.1, 0.15) is 0 Å². The van der Waals surface area contributed by atoms with Gasteiger partial charge in [0.15, 0.2) is 0 Å².